The Balaban J connectivity index is 0.00000312. The molecule has 1 aromatic rings. The number of rotatable bonds is 8. The molecule has 0 aromatic heterocycles. The largest absolute Gasteiger partial charge is 0.495 e. The number of carbonyl (C=O) groups is 1. The van der Waals surface area contributed by atoms with E-state index in [9.17, 15) is 4.79 Å². The number of piperidine rings is 1. The topological polar surface area (TPSA) is 71.6 Å². The maximum Gasteiger partial charge on any atom is 0.239 e. The fraction of sp³-hybridized carbons (Fsp3) is 0.588. The first-order valence-corrected chi connectivity index (χ1v) is 8.50. The number of halogens is 3. The average Bonchev–Trinajstić information content (AvgIpc) is 2.59. The molecule has 150 valence electrons. The van der Waals surface area contributed by atoms with Gasteiger partial charge in [0.1, 0.15) is 5.75 Å². The molecular weight excluding hydrogens is 401 g/mol. The van der Waals surface area contributed by atoms with E-state index < -0.39 is 0 Å². The summed E-state index contributed by atoms with van der Waals surface area (Å²) in [5.41, 5.74) is 0.720. The van der Waals surface area contributed by atoms with Gasteiger partial charge in [0, 0.05) is 24.1 Å². The minimum absolute atomic E-state index is 0. The van der Waals surface area contributed by atoms with Crippen molar-refractivity contribution in [3.8, 4) is 5.75 Å². The van der Waals surface area contributed by atoms with Crippen molar-refractivity contribution in [2.45, 2.75) is 12.8 Å². The number of nitrogens with one attached hydrogen (secondary N) is 3. The van der Waals surface area contributed by atoms with E-state index >= 15 is 0 Å². The standard InChI is InChI=1S/C17H26ClN3O3.2ClH/c1-23-12-17(5-7-19-8-6-17)11-21-16(22)10-20-14-9-13(18)3-4-15(14)24-2;;/h3-4,9,19-20H,5-8,10-12H2,1-2H3,(H,21,22);2*1H. The lowest BCUT2D eigenvalue weighted by molar-refractivity contribution is -0.120. The van der Waals surface area contributed by atoms with Gasteiger partial charge in [-0.1, -0.05) is 11.6 Å². The molecule has 1 amide bonds. The Morgan fingerprint density at radius 1 is 1.27 bits per heavy atom. The molecule has 1 fully saturated rings. The van der Waals surface area contributed by atoms with Crippen LogP contribution in [0.2, 0.25) is 5.02 Å². The summed E-state index contributed by atoms with van der Waals surface area (Å²) in [5.74, 6) is 0.590. The van der Waals surface area contributed by atoms with Gasteiger partial charge in [-0.05, 0) is 44.1 Å². The predicted octanol–water partition coefficient (Wildman–Crippen LogP) is 2.74. The van der Waals surface area contributed by atoms with Gasteiger partial charge in [-0.15, -0.1) is 24.8 Å². The van der Waals surface area contributed by atoms with Crippen molar-refractivity contribution in [1.82, 2.24) is 10.6 Å². The van der Waals surface area contributed by atoms with Gasteiger partial charge in [-0.3, -0.25) is 4.79 Å². The molecule has 26 heavy (non-hydrogen) atoms. The fourth-order valence-electron chi connectivity index (χ4n) is 2.98. The van der Waals surface area contributed by atoms with Crippen LogP contribution in [0.15, 0.2) is 18.2 Å². The van der Waals surface area contributed by atoms with E-state index in [1.807, 2.05) is 0 Å². The molecule has 1 aromatic carbocycles. The summed E-state index contributed by atoms with van der Waals surface area (Å²) in [6.07, 6.45) is 1.99. The van der Waals surface area contributed by atoms with Crippen LogP contribution in [-0.4, -0.2) is 52.9 Å². The molecule has 1 saturated heterocycles. The monoisotopic (exact) mass is 427 g/mol. The Hall–Kier alpha value is -0.920. The van der Waals surface area contributed by atoms with E-state index in [1.165, 1.54) is 0 Å². The number of amides is 1. The Bertz CT molecular complexity index is 550. The van der Waals surface area contributed by atoms with Gasteiger partial charge >= 0.3 is 0 Å². The summed E-state index contributed by atoms with van der Waals surface area (Å²) in [5, 5.41) is 10.0. The van der Waals surface area contributed by atoms with Crippen molar-refractivity contribution < 1.29 is 14.3 Å². The molecule has 0 aliphatic carbocycles. The Labute approximate surface area is 172 Å². The van der Waals surface area contributed by atoms with Crippen LogP contribution in [0.25, 0.3) is 0 Å². The summed E-state index contributed by atoms with van der Waals surface area (Å²) in [7, 11) is 3.29. The molecule has 1 heterocycles. The first-order chi connectivity index (χ1) is 11.6. The molecular formula is C17H28Cl3N3O3. The summed E-state index contributed by atoms with van der Waals surface area (Å²) < 4.78 is 10.6. The molecule has 0 atom stereocenters. The van der Waals surface area contributed by atoms with Crippen molar-refractivity contribution >= 4 is 48.0 Å². The van der Waals surface area contributed by atoms with Gasteiger partial charge in [0.15, 0.2) is 0 Å². The van der Waals surface area contributed by atoms with Crippen molar-refractivity contribution in [3.63, 3.8) is 0 Å². The molecule has 0 unspecified atom stereocenters. The molecule has 9 heteroatoms. The number of hydrogen-bond donors (Lipinski definition) is 3. The Morgan fingerprint density at radius 2 is 1.96 bits per heavy atom. The predicted molar refractivity (Wildman–Crippen MR) is 110 cm³/mol. The van der Waals surface area contributed by atoms with E-state index in [1.54, 1.807) is 32.4 Å². The van der Waals surface area contributed by atoms with Crippen molar-refractivity contribution in [1.29, 1.82) is 0 Å². The van der Waals surface area contributed by atoms with Crippen LogP contribution in [-0.2, 0) is 9.53 Å². The summed E-state index contributed by atoms with van der Waals surface area (Å²) >= 11 is 5.99. The third kappa shape index (κ3) is 7.37. The average molecular weight is 429 g/mol. The summed E-state index contributed by atoms with van der Waals surface area (Å²) in [6, 6.07) is 5.26. The minimum atomic E-state index is -0.0639. The molecule has 3 N–H and O–H groups in total. The SMILES string of the molecule is COCC1(CNC(=O)CNc2cc(Cl)ccc2OC)CCNCC1.Cl.Cl. The highest BCUT2D eigenvalue weighted by Crippen LogP contribution is 2.29. The second kappa shape index (κ2) is 12.5. The lowest BCUT2D eigenvalue weighted by Crippen LogP contribution is -2.48. The first-order valence-electron chi connectivity index (χ1n) is 8.12. The van der Waals surface area contributed by atoms with Crippen molar-refractivity contribution in [3.05, 3.63) is 23.2 Å². The van der Waals surface area contributed by atoms with E-state index in [0.717, 1.165) is 25.9 Å². The van der Waals surface area contributed by atoms with Crippen LogP contribution in [0.4, 0.5) is 5.69 Å². The van der Waals surface area contributed by atoms with Crippen LogP contribution in [0.1, 0.15) is 12.8 Å². The van der Waals surface area contributed by atoms with Crippen molar-refractivity contribution in [2.24, 2.45) is 5.41 Å². The van der Waals surface area contributed by atoms with Crippen LogP contribution in [0.5, 0.6) is 5.75 Å². The van der Waals surface area contributed by atoms with Crippen LogP contribution in [0, 0.1) is 5.41 Å². The lowest BCUT2D eigenvalue weighted by Gasteiger charge is -2.37. The van der Waals surface area contributed by atoms with Gasteiger partial charge in [-0.25, -0.2) is 0 Å². The highest BCUT2D eigenvalue weighted by molar-refractivity contribution is 6.30. The molecule has 0 radical (unpaired) electrons. The second-order valence-electron chi connectivity index (χ2n) is 6.16. The number of hydrogen-bond acceptors (Lipinski definition) is 5. The van der Waals surface area contributed by atoms with Gasteiger partial charge in [0.25, 0.3) is 0 Å². The van der Waals surface area contributed by atoms with E-state index in [-0.39, 0.29) is 42.7 Å². The molecule has 1 aliphatic rings. The van der Waals surface area contributed by atoms with Crippen LogP contribution in [0.3, 0.4) is 0 Å². The highest BCUT2D eigenvalue weighted by atomic mass is 35.5. The van der Waals surface area contributed by atoms with E-state index in [2.05, 4.69) is 16.0 Å². The molecule has 0 spiro atoms. The number of anilines is 1. The van der Waals surface area contributed by atoms with Gasteiger partial charge in [-0.2, -0.15) is 0 Å². The third-order valence-electron chi connectivity index (χ3n) is 4.38. The normalized spacial score (nSPS) is 15.2. The van der Waals surface area contributed by atoms with Gasteiger partial charge < -0.3 is 25.4 Å². The zero-order chi connectivity index (χ0) is 17.4. The van der Waals surface area contributed by atoms with Crippen molar-refractivity contribution in [2.75, 3.05) is 52.3 Å². The molecule has 0 bridgehead atoms. The smallest absolute Gasteiger partial charge is 0.239 e. The number of carbonyl (C=O) groups excluding carboxylic acids is 1. The third-order valence-corrected chi connectivity index (χ3v) is 4.61. The molecule has 1 aliphatic heterocycles. The number of ether oxygens (including phenoxy) is 2. The Kier molecular flexibility index (Phi) is 12.0. The van der Waals surface area contributed by atoms with Gasteiger partial charge in [0.2, 0.25) is 5.91 Å². The summed E-state index contributed by atoms with van der Waals surface area (Å²) in [6.45, 7) is 3.35. The highest BCUT2D eigenvalue weighted by Gasteiger charge is 2.32. The zero-order valence-corrected chi connectivity index (χ0v) is 17.5. The molecule has 2 rings (SSSR count). The quantitative estimate of drug-likeness (QED) is 0.594. The minimum Gasteiger partial charge on any atom is -0.495 e. The maximum absolute atomic E-state index is 12.2. The molecule has 0 saturated carbocycles. The lowest BCUT2D eigenvalue weighted by atomic mass is 9.79. The second-order valence-corrected chi connectivity index (χ2v) is 6.59. The Morgan fingerprint density at radius 3 is 2.58 bits per heavy atom. The van der Waals surface area contributed by atoms with E-state index in [0.29, 0.717) is 29.6 Å². The van der Waals surface area contributed by atoms with Crippen LogP contribution >= 0.6 is 36.4 Å². The fourth-order valence-corrected chi connectivity index (χ4v) is 3.15. The first kappa shape index (κ1) is 25.1. The summed E-state index contributed by atoms with van der Waals surface area (Å²) in [4.78, 5) is 12.2. The molecule has 6 nitrogen and oxygen atoms in total. The van der Waals surface area contributed by atoms with Gasteiger partial charge in [0.05, 0.1) is 25.9 Å². The van der Waals surface area contributed by atoms with Crippen LogP contribution < -0.4 is 20.7 Å². The van der Waals surface area contributed by atoms with E-state index in [4.69, 9.17) is 21.1 Å². The maximum atomic E-state index is 12.2. The number of benzene rings is 1. The zero-order valence-electron chi connectivity index (χ0n) is 15.1. The number of methoxy groups -OCH3 is 2.